The second-order valence-electron chi connectivity index (χ2n) is 9.78. The normalized spacial score (nSPS) is 14.7. The molecule has 2 aromatic heterocycles. The number of fused-ring (bicyclic) bond motifs is 1. The number of hydrogen-bond donors (Lipinski definition) is 0. The lowest BCUT2D eigenvalue weighted by molar-refractivity contribution is -0.136. The van der Waals surface area contributed by atoms with Crippen molar-refractivity contribution in [2.24, 2.45) is 5.92 Å². The standard InChI is InChI=1S/C29H30Cl2N4O/c1-19(2)29(36)34-14-12-33(13-15-34)18-26-28(21-4-7-23(30)8-5-21)32-27-11-6-22(17-35(26)27)25-10-9-24(31)16-20(25)3/h4-11,16-17,19H,12-15,18H2,1-3H3. The summed E-state index contributed by atoms with van der Waals surface area (Å²) < 4.78 is 2.21. The summed E-state index contributed by atoms with van der Waals surface area (Å²) in [5.74, 6) is 0.260. The highest BCUT2D eigenvalue weighted by molar-refractivity contribution is 6.31. The lowest BCUT2D eigenvalue weighted by atomic mass is 10.0. The Kier molecular flexibility index (Phi) is 7.07. The lowest BCUT2D eigenvalue weighted by Gasteiger charge is -2.35. The number of nitrogens with zero attached hydrogens (tertiary/aromatic N) is 4. The van der Waals surface area contributed by atoms with E-state index in [0.29, 0.717) is 5.02 Å². The van der Waals surface area contributed by atoms with Crippen LogP contribution in [0.15, 0.2) is 60.8 Å². The number of amides is 1. The average Bonchev–Trinajstić information content (AvgIpc) is 3.22. The minimum absolute atomic E-state index is 0.0292. The molecule has 0 unspecified atom stereocenters. The molecule has 0 spiro atoms. The third-order valence-corrected chi connectivity index (χ3v) is 7.37. The van der Waals surface area contributed by atoms with Gasteiger partial charge in [-0.25, -0.2) is 4.98 Å². The van der Waals surface area contributed by atoms with Gasteiger partial charge in [0.05, 0.1) is 11.4 Å². The summed E-state index contributed by atoms with van der Waals surface area (Å²) in [6.07, 6.45) is 2.17. The van der Waals surface area contributed by atoms with E-state index in [-0.39, 0.29) is 11.8 Å². The summed E-state index contributed by atoms with van der Waals surface area (Å²) in [5.41, 5.74) is 7.42. The first-order valence-electron chi connectivity index (χ1n) is 12.3. The monoisotopic (exact) mass is 520 g/mol. The average molecular weight is 521 g/mol. The largest absolute Gasteiger partial charge is 0.340 e. The van der Waals surface area contributed by atoms with Crippen LogP contribution < -0.4 is 0 Å². The summed E-state index contributed by atoms with van der Waals surface area (Å²) in [4.78, 5) is 21.9. The van der Waals surface area contributed by atoms with E-state index in [1.807, 2.05) is 55.1 Å². The number of carbonyl (C=O) groups excluding carboxylic acids is 1. The lowest BCUT2D eigenvalue weighted by Crippen LogP contribution is -2.49. The number of piperazine rings is 1. The van der Waals surface area contributed by atoms with Crippen LogP contribution in [0.1, 0.15) is 25.1 Å². The first-order valence-corrected chi connectivity index (χ1v) is 13.1. The molecule has 0 radical (unpaired) electrons. The number of carbonyl (C=O) groups is 1. The molecule has 0 atom stereocenters. The quantitative estimate of drug-likeness (QED) is 0.298. The fourth-order valence-electron chi connectivity index (χ4n) is 4.90. The van der Waals surface area contributed by atoms with E-state index in [1.54, 1.807) is 0 Å². The molecule has 1 amide bonds. The van der Waals surface area contributed by atoms with Crippen LogP contribution in [0.25, 0.3) is 28.0 Å². The zero-order valence-electron chi connectivity index (χ0n) is 20.8. The zero-order chi connectivity index (χ0) is 25.4. The third kappa shape index (κ3) is 5.01. The third-order valence-electron chi connectivity index (χ3n) is 6.89. The molecule has 7 heteroatoms. The zero-order valence-corrected chi connectivity index (χ0v) is 22.4. The summed E-state index contributed by atoms with van der Waals surface area (Å²) in [7, 11) is 0. The molecule has 1 aliphatic heterocycles. The molecule has 0 saturated carbocycles. The molecule has 0 N–H and O–H groups in total. The van der Waals surface area contributed by atoms with Crippen molar-refractivity contribution < 1.29 is 4.79 Å². The van der Waals surface area contributed by atoms with Gasteiger partial charge < -0.3 is 9.30 Å². The maximum absolute atomic E-state index is 12.5. The Balaban J connectivity index is 1.53. The Bertz CT molecular complexity index is 1400. The van der Waals surface area contributed by atoms with Gasteiger partial charge in [-0.05, 0) is 60.0 Å². The van der Waals surface area contributed by atoms with Crippen LogP contribution in [0.4, 0.5) is 0 Å². The van der Waals surface area contributed by atoms with E-state index < -0.39 is 0 Å². The minimum atomic E-state index is 0.0292. The Morgan fingerprint density at radius 3 is 2.25 bits per heavy atom. The van der Waals surface area contributed by atoms with E-state index in [2.05, 4.69) is 40.6 Å². The summed E-state index contributed by atoms with van der Waals surface area (Å²) >= 11 is 12.4. The molecule has 5 rings (SSSR count). The molecule has 5 nitrogen and oxygen atoms in total. The fourth-order valence-corrected chi connectivity index (χ4v) is 5.25. The van der Waals surface area contributed by atoms with Crippen molar-refractivity contribution in [2.75, 3.05) is 26.2 Å². The van der Waals surface area contributed by atoms with Crippen molar-refractivity contribution in [3.05, 3.63) is 82.1 Å². The molecule has 1 saturated heterocycles. The summed E-state index contributed by atoms with van der Waals surface area (Å²) in [6, 6.07) is 18.0. The summed E-state index contributed by atoms with van der Waals surface area (Å²) in [5, 5.41) is 1.44. The molecule has 1 aliphatic rings. The van der Waals surface area contributed by atoms with Gasteiger partial charge >= 0.3 is 0 Å². The number of benzene rings is 2. The molecule has 4 aromatic rings. The van der Waals surface area contributed by atoms with Gasteiger partial charge in [-0.3, -0.25) is 9.69 Å². The number of aromatic nitrogens is 2. The van der Waals surface area contributed by atoms with E-state index in [1.165, 1.54) is 0 Å². The van der Waals surface area contributed by atoms with Gasteiger partial charge in [0.2, 0.25) is 5.91 Å². The van der Waals surface area contributed by atoms with Gasteiger partial charge in [0, 0.05) is 60.4 Å². The molecule has 186 valence electrons. The minimum Gasteiger partial charge on any atom is -0.340 e. The van der Waals surface area contributed by atoms with E-state index >= 15 is 0 Å². The van der Waals surface area contributed by atoms with Crippen molar-refractivity contribution in [3.8, 4) is 22.4 Å². The Hall–Kier alpha value is -2.86. The summed E-state index contributed by atoms with van der Waals surface area (Å²) in [6.45, 7) is 9.92. The van der Waals surface area contributed by atoms with E-state index in [4.69, 9.17) is 28.2 Å². The van der Waals surface area contributed by atoms with Crippen LogP contribution in [-0.2, 0) is 11.3 Å². The highest BCUT2D eigenvalue weighted by Crippen LogP contribution is 2.31. The first-order chi connectivity index (χ1) is 17.3. The van der Waals surface area contributed by atoms with Gasteiger partial charge in [-0.15, -0.1) is 0 Å². The Labute approximate surface area is 222 Å². The second kappa shape index (κ2) is 10.3. The topological polar surface area (TPSA) is 40.9 Å². The van der Waals surface area contributed by atoms with Crippen LogP contribution in [0, 0.1) is 12.8 Å². The van der Waals surface area contributed by atoms with Gasteiger partial charge in [0.25, 0.3) is 0 Å². The van der Waals surface area contributed by atoms with E-state index in [0.717, 1.165) is 77.0 Å². The van der Waals surface area contributed by atoms with Crippen LogP contribution in [0.3, 0.4) is 0 Å². The van der Waals surface area contributed by atoms with Gasteiger partial charge in [-0.2, -0.15) is 0 Å². The molecule has 36 heavy (non-hydrogen) atoms. The number of hydrogen-bond acceptors (Lipinski definition) is 3. The maximum Gasteiger partial charge on any atom is 0.225 e. The predicted molar refractivity (Wildman–Crippen MR) is 148 cm³/mol. The second-order valence-corrected chi connectivity index (χ2v) is 10.6. The Morgan fingerprint density at radius 1 is 0.917 bits per heavy atom. The number of rotatable bonds is 5. The van der Waals surface area contributed by atoms with Crippen molar-refractivity contribution in [2.45, 2.75) is 27.3 Å². The predicted octanol–water partition coefficient (Wildman–Crippen LogP) is 6.58. The molecular weight excluding hydrogens is 491 g/mol. The van der Waals surface area contributed by atoms with Gasteiger partial charge in [0.15, 0.2) is 0 Å². The first kappa shape index (κ1) is 24.8. The molecule has 3 heterocycles. The van der Waals surface area contributed by atoms with E-state index in [9.17, 15) is 4.79 Å². The smallest absolute Gasteiger partial charge is 0.225 e. The molecule has 2 aromatic carbocycles. The Morgan fingerprint density at radius 2 is 1.58 bits per heavy atom. The van der Waals surface area contributed by atoms with Gasteiger partial charge in [0.1, 0.15) is 5.65 Å². The van der Waals surface area contributed by atoms with Crippen molar-refractivity contribution in [1.29, 1.82) is 0 Å². The van der Waals surface area contributed by atoms with Gasteiger partial charge in [-0.1, -0.05) is 55.2 Å². The fraction of sp³-hybridized carbons (Fsp3) is 0.310. The molecule has 1 fully saturated rings. The van der Waals surface area contributed by atoms with Crippen LogP contribution in [0.2, 0.25) is 10.0 Å². The number of aryl methyl sites for hydroxylation is 1. The van der Waals surface area contributed by atoms with Crippen LogP contribution in [0.5, 0.6) is 0 Å². The molecular formula is C29H30Cl2N4O. The van der Waals surface area contributed by atoms with Crippen LogP contribution in [-0.4, -0.2) is 51.3 Å². The number of imidazole rings is 1. The molecule has 0 aliphatic carbocycles. The SMILES string of the molecule is Cc1cc(Cl)ccc1-c1ccc2nc(-c3ccc(Cl)cc3)c(CN3CCN(C(=O)C(C)C)CC3)n2c1. The highest BCUT2D eigenvalue weighted by Gasteiger charge is 2.25. The van der Waals surface area contributed by atoms with Crippen molar-refractivity contribution in [3.63, 3.8) is 0 Å². The molecule has 0 bridgehead atoms. The number of pyridine rings is 1. The number of halogens is 2. The highest BCUT2D eigenvalue weighted by atomic mass is 35.5. The van der Waals surface area contributed by atoms with Crippen molar-refractivity contribution >= 4 is 34.8 Å². The maximum atomic E-state index is 12.5. The van der Waals surface area contributed by atoms with Crippen LogP contribution >= 0.6 is 23.2 Å². The van der Waals surface area contributed by atoms with Crippen molar-refractivity contribution in [1.82, 2.24) is 19.2 Å².